The predicted molar refractivity (Wildman–Crippen MR) is 122 cm³/mol. The molecule has 2 aromatic heterocycles. The summed E-state index contributed by atoms with van der Waals surface area (Å²) >= 11 is 0. The maximum absolute atomic E-state index is 12.9. The summed E-state index contributed by atoms with van der Waals surface area (Å²) in [4.78, 5) is 25.3. The lowest BCUT2D eigenvalue weighted by atomic mass is 10.1. The number of aryl methyl sites for hydroxylation is 1. The molecular weight excluding hydrogens is 406 g/mol. The predicted octanol–water partition coefficient (Wildman–Crippen LogP) is 2.84. The van der Waals surface area contributed by atoms with E-state index in [0.717, 1.165) is 28.0 Å². The molecule has 4 rings (SSSR count). The molecular formula is C24H25N5O3. The molecule has 4 aromatic rings. The maximum Gasteiger partial charge on any atom is 0.293 e. The van der Waals surface area contributed by atoms with Crippen molar-refractivity contribution in [2.75, 3.05) is 6.61 Å². The molecule has 0 saturated carbocycles. The number of hydrogen-bond acceptors (Lipinski definition) is 5. The maximum atomic E-state index is 12.9. The van der Waals surface area contributed by atoms with Crippen molar-refractivity contribution in [2.45, 2.75) is 33.4 Å². The minimum atomic E-state index is -0.374. The van der Waals surface area contributed by atoms with Crippen molar-refractivity contribution >= 4 is 11.4 Å². The van der Waals surface area contributed by atoms with Crippen LogP contribution < -0.4 is 15.6 Å². The number of amides is 1. The third-order valence-electron chi connectivity index (χ3n) is 5.19. The molecule has 0 radical (unpaired) electrons. The summed E-state index contributed by atoms with van der Waals surface area (Å²) < 4.78 is 8.16. The SMILES string of the molecule is CCOc1ccccc1CNC(=O)Cn1ncn2nc(-c3ccc(CC)cc3)cc2c1=O. The highest BCUT2D eigenvalue weighted by Crippen LogP contribution is 2.19. The van der Waals surface area contributed by atoms with Crippen LogP contribution in [0, 0.1) is 0 Å². The number of ether oxygens (including phenoxy) is 1. The quantitative estimate of drug-likeness (QED) is 0.463. The van der Waals surface area contributed by atoms with Gasteiger partial charge in [-0.25, -0.2) is 9.20 Å². The van der Waals surface area contributed by atoms with Crippen molar-refractivity contribution < 1.29 is 9.53 Å². The Hall–Kier alpha value is -3.94. The number of carbonyl (C=O) groups excluding carboxylic acids is 1. The second-order valence-electron chi connectivity index (χ2n) is 7.32. The Morgan fingerprint density at radius 3 is 2.62 bits per heavy atom. The van der Waals surface area contributed by atoms with Crippen LogP contribution >= 0.6 is 0 Å². The summed E-state index contributed by atoms with van der Waals surface area (Å²) in [6.45, 7) is 4.67. The summed E-state index contributed by atoms with van der Waals surface area (Å²) in [6, 6.07) is 17.3. The lowest BCUT2D eigenvalue weighted by Gasteiger charge is -2.11. The second-order valence-corrected chi connectivity index (χ2v) is 7.32. The molecule has 0 aliphatic carbocycles. The minimum Gasteiger partial charge on any atom is -0.494 e. The summed E-state index contributed by atoms with van der Waals surface area (Å²) in [5.74, 6) is 0.413. The first kappa shape index (κ1) is 21.3. The van der Waals surface area contributed by atoms with Gasteiger partial charge in [0.25, 0.3) is 5.56 Å². The Labute approximate surface area is 185 Å². The highest BCUT2D eigenvalue weighted by Gasteiger charge is 2.13. The van der Waals surface area contributed by atoms with Crippen molar-refractivity contribution in [3.8, 4) is 17.0 Å². The molecule has 0 spiro atoms. The second kappa shape index (κ2) is 9.47. The molecule has 2 heterocycles. The fourth-order valence-electron chi connectivity index (χ4n) is 3.43. The molecule has 0 saturated heterocycles. The van der Waals surface area contributed by atoms with Gasteiger partial charge in [0, 0.05) is 17.7 Å². The van der Waals surface area contributed by atoms with Crippen LogP contribution in [0.15, 0.2) is 65.7 Å². The van der Waals surface area contributed by atoms with Crippen LogP contribution in [-0.2, 0) is 24.3 Å². The average molecular weight is 431 g/mol. The summed E-state index contributed by atoms with van der Waals surface area (Å²) in [7, 11) is 0. The fraction of sp³-hybridized carbons (Fsp3) is 0.250. The number of carbonyl (C=O) groups is 1. The normalized spacial score (nSPS) is 10.9. The molecule has 0 bridgehead atoms. The molecule has 164 valence electrons. The number of nitrogens with one attached hydrogen (secondary N) is 1. The van der Waals surface area contributed by atoms with Crippen LogP contribution in [0.2, 0.25) is 0 Å². The lowest BCUT2D eigenvalue weighted by molar-refractivity contribution is -0.122. The van der Waals surface area contributed by atoms with E-state index in [9.17, 15) is 9.59 Å². The molecule has 2 aromatic carbocycles. The van der Waals surface area contributed by atoms with E-state index in [0.29, 0.717) is 24.4 Å². The van der Waals surface area contributed by atoms with Crippen molar-refractivity contribution in [1.29, 1.82) is 0 Å². The van der Waals surface area contributed by atoms with Crippen molar-refractivity contribution in [3.05, 3.63) is 82.4 Å². The van der Waals surface area contributed by atoms with Crippen molar-refractivity contribution in [2.24, 2.45) is 0 Å². The number of nitrogens with zero attached hydrogens (tertiary/aromatic N) is 4. The monoisotopic (exact) mass is 431 g/mol. The van der Waals surface area contributed by atoms with Crippen LogP contribution in [-0.4, -0.2) is 31.9 Å². The fourth-order valence-corrected chi connectivity index (χ4v) is 3.43. The van der Waals surface area contributed by atoms with Gasteiger partial charge in [0.15, 0.2) is 0 Å². The number of fused-ring (bicyclic) bond motifs is 1. The van der Waals surface area contributed by atoms with Gasteiger partial charge >= 0.3 is 0 Å². The van der Waals surface area contributed by atoms with Gasteiger partial charge < -0.3 is 10.1 Å². The van der Waals surface area contributed by atoms with E-state index >= 15 is 0 Å². The van der Waals surface area contributed by atoms with Gasteiger partial charge in [0.05, 0.1) is 12.3 Å². The summed E-state index contributed by atoms with van der Waals surface area (Å²) in [5.41, 5.74) is 3.69. The van der Waals surface area contributed by atoms with Gasteiger partial charge in [-0.1, -0.05) is 49.4 Å². The Morgan fingerprint density at radius 2 is 1.88 bits per heavy atom. The lowest BCUT2D eigenvalue weighted by Crippen LogP contribution is -2.34. The van der Waals surface area contributed by atoms with E-state index in [1.54, 1.807) is 6.07 Å². The van der Waals surface area contributed by atoms with Crippen molar-refractivity contribution in [1.82, 2.24) is 24.7 Å². The number of para-hydroxylation sites is 1. The number of aromatic nitrogens is 4. The Kier molecular flexibility index (Phi) is 6.30. The first-order valence-corrected chi connectivity index (χ1v) is 10.6. The molecule has 1 amide bonds. The van der Waals surface area contributed by atoms with E-state index in [-0.39, 0.29) is 18.0 Å². The highest BCUT2D eigenvalue weighted by atomic mass is 16.5. The van der Waals surface area contributed by atoms with Gasteiger partial charge in [0.1, 0.15) is 24.1 Å². The first-order valence-electron chi connectivity index (χ1n) is 10.6. The van der Waals surface area contributed by atoms with Gasteiger partial charge in [-0.2, -0.15) is 10.2 Å². The van der Waals surface area contributed by atoms with E-state index in [1.807, 2.05) is 55.5 Å². The standard InChI is InChI=1S/C24H25N5O3/c1-3-17-9-11-18(12-10-17)20-13-21-24(31)28(26-16-29(21)27-20)15-23(30)25-14-19-7-5-6-8-22(19)32-4-2/h5-13,16H,3-4,14-15H2,1-2H3,(H,25,30). The van der Waals surface area contributed by atoms with E-state index < -0.39 is 0 Å². The Morgan fingerprint density at radius 1 is 1.09 bits per heavy atom. The molecule has 0 atom stereocenters. The largest absolute Gasteiger partial charge is 0.494 e. The molecule has 0 fully saturated rings. The molecule has 8 heteroatoms. The first-order chi connectivity index (χ1) is 15.6. The van der Waals surface area contributed by atoms with Gasteiger partial charge in [-0.15, -0.1) is 0 Å². The van der Waals surface area contributed by atoms with Crippen LogP contribution in [0.3, 0.4) is 0 Å². The third kappa shape index (κ3) is 4.54. The number of hydrogen-bond donors (Lipinski definition) is 1. The zero-order valence-corrected chi connectivity index (χ0v) is 18.1. The van der Waals surface area contributed by atoms with Crippen molar-refractivity contribution in [3.63, 3.8) is 0 Å². The molecule has 8 nitrogen and oxygen atoms in total. The van der Waals surface area contributed by atoms with E-state index in [4.69, 9.17) is 4.74 Å². The number of rotatable bonds is 8. The zero-order chi connectivity index (χ0) is 22.5. The van der Waals surface area contributed by atoms with Crippen LogP contribution in [0.5, 0.6) is 5.75 Å². The summed E-state index contributed by atoms with van der Waals surface area (Å²) in [5, 5.41) is 11.4. The smallest absolute Gasteiger partial charge is 0.293 e. The molecule has 0 unspecified atom stereocenters. The van der Waals surface area contributed by atoms with Gasteiger partial charge in [-0.3, -0.25) is 9.59 Å². The van der Waals surface area contributed by atoms with Crippen LogP contribution in [0.4, 0.5) is 0 Å². The van der Waals surface area contributed by atoms with E-state index in [1.165, 1.54) is 16.4 Å². The number of benzene rings is 2. The topological polar surface area (TPSA) is 90.5 Å². The molecule has 1 N–H and O–H groups in total. The van der Waals surface area contributed by atoms with Crippen LogP contribution in [0.25, 0.3) is 16.8 Å². The highest BCUT2D eigenvalue weighted by molar-refractivity contribution is 5.76. The average Bonchev–Trinajstić information content (AvgIpc) is 3.26. The molecule has 0 aliphatic rings. The summed E-state index contributed by atoms with van der Waals surface area (Å²) in [6.07, 6.45) is 2.40. The van der Waals surface area contributed by atoms with E-state index in [2.05, 4.69) is 22.4 Å². The zero-order valence-electron chi connectivity index (χ0n) is 18.1. The van der Waals surface area contributed by atoms with Gasteiger partial charge in [-0.05, 0) is 31.0 Å². The Balaban J connectivity index is 1.49. The third-order valence-corrected chi connectivity index (χ3v) is 5.19. The molecule has 0 aliphatic heterocycles. The van der Waals surface area contributed by atoms with Crippen LogP contribution in [0.1, 0.15) is 25.0 Å². The molecule has 32 heavy (non-hydrogen) atoms. The minimum absolute atomic E-state index is 0.183. The van der Waals surface area contributed by atoms with Gasteiger partial charge in [0.2, 0.25) is 5.91 Å². The Bertz CT molecular complexity index is 1290.